The van der Waals surface area contributed by atoms with E-state index in [1.807, 2.05) is 30.3 Å². The summed E-state index contributed by atoms with van der Waals surface area (Å²) in [4.78, 5) is 16.9. The molecule has 3 nitrogen and oxygen atoms in total. The van der Waals surface area contributed by atoms with Gasteiger partial charge in [-0.2, -0.15) is 0 Å². The van der Waals surface area contributed by atoms with Crippen molar-refractivity contribution in [2.75, 3.05) is 5.32 Å². The standard InChI is InChI=1S/C16H14BrClN2O/c17-12-4-7-14(19-10-12)20-15(21)16(8-1-9-16)11-2-5-13(18)6-3-11/h2-7,10H,1,8-9H2,(H,19,20,21). The van der Waals surface area contributed by atoms with E-state index >= 15 is 0 Å². The molecule has 3 rings (SSSR count). The Labute approximate surface area is 136 Å². The maximum atomic E-state index is 12.7. The molecular weight excluding hydrogens is 352 g/mol. The van der Waals surface area contributed by atoms with Gasteiger partial charge in [0.25, 0.3) is 0 Å². The number of pyridine rings is 1. The lowest BCUT2D eigenvalue weighted by Gasteiger charge is -2.40. The molecule has 0 bridgehead atoms. The molecule has 21 heavy (non-hydrogen) atoms. The number of hydrogen-bond donors (Lipinski definition) is 1. The maximum Gasteiger partial charge on any atom is 0.236 e. The highest BCUT2D eigenvalue weighted by atomic mass is 79.9. The second-order valence-corrected chi connectivity index (χ2v) is 6.61. The van der Waals surface area contributed by atoms with Crippen LogP contribution in [0.1, 0.15) is 24.8 Å². The lowest BCUT2D eigenvalue weighted by Crippen LogP contribution is -2.46. The molecule has 0 saturated heterocycles. The predicted molar refractivity (Wildman–Crippen MR) is 87.5 cm³/mol. The molecule has 0 aliphatic heterocycles. The minimum atomic E-state index is -0.445. The molecule has 0 atom stereocenters. The topological polar surface area (TPSA) is 42.0 Å². The summed E-state index contributed by atoms with van der Waals surface area (Å²) in [5.41, 5.74) is 0.576. The molecular formula is C16H14BrClN2O. The molecule has 1 aromatic heterocycles. The Morgan fingerprint density at radius 3 is 2.43 bits per heavy atom. The number of anilines is 1. The molecule has 1 fully saturated rings. The van der Waals surface area contributed by atoms with Gasteiger partial charge in [-0.05, 0) is 58.6 Å². The van der Waals surface area contributed by atoms with Gasteiger partial charge < -0.3 is 5.32 Å². The SMILES string of the molecule is O=C(Nc1ccc(Br)cn1)C1(c2ccc(Cl)cc2)CCC1. The molecule has 1 amide bonds. The van der Waals surface area contributed by atoms with Crippen LogP contribution in [0.25, 0.3) is 0 Å². The molecule has 0 radical (unpaired) electrons. The Morgan fingerprint density at radius 2 is 1.90 bits per heavy atom. The van der Waals surface area contributed by atoms with E-state index in [4.69, 9.17) is 11.6 Å². The van der Waals surface area contributed by atoms with Crippen molar-refractivity contribution < 1.29 is 4.79 Å². The van der Waals surface area contributed by atoms with Gasteiger partial charge in [-0.1, -0.05) is 30.2 Å². The number of carbonyl (C=O) groups excluding carboxylic acids is 1. The molecule has 1 N–H and O–H groups in total. The van der Waals surface area contributed by atoms with Crippen molar-refractivity contribution >= 4 is 39.3 Å². The largest absolute Gasteiger partial charge is 0.310 e. The summed E-state index contributed by atoms with van der Waals surface area (Å²) in [6.45, 7) is 0. The Morgan fingerprint density at radius 1 is 1.19 bits per heavy atom. The number of nitrogens with one attached hydrogen (secondary N) is 1. The number of nitrogens with zero attached hydrogens (tertiary/aromatic N) is 1. The fourth-order valence-electron chi connectivity index (χ4n) is 2.63. The van der Waals surface area contributed by atoms with Gasteiger partial charge in [0.2, 0.25) is 5.91 Å². The molecule has 5 heteroatoms. The molecule has 0 unspecified atom stereocenters. The number of hydrogen-bond acceptors (Lipinski definition) is 2. The van der Waals surface area contributed by atoms with Gasteiger partial charge in [0.15, 0.2) is 0 Å². The third kappa shape index (κ3) is 2.83. The summed E-state index contributed by atoms with van der Waals surface area (Å²) >= 11 is 9.26. The monoisotopic (exact) mass is 364 g/mol. The number of rotatable bonds is 3. The minimum Gasteiger partial charge on any atom is -0.310 e. The zero-order chi connectivity index (χ0) is 14.9. The fraction of sp³-hybridized carbons (Fsp3) is 0.250. The van der Waals surface area contributed by atoms with E-state index < -0.39 is 5.41 Å². The van der Waals surface area contributed by atoms with Crippen LogP contribution in [-0.4, -0.2) is 10.9 Å². The van der Waals surface area contributed by atoms with Crippen LogP contribution in [0.15, 0.2) is 47.1 Å². The third-order valence-corrected chi connectivity index (χ3v) is 4.73. The average Bonchev–Trinajstić information content (AvgIpc) is 2.42. The zero-order valence-electron chi connectivity index (χ0n) is 11.3. The maximum absolute atomic E-state index is 12.7. The van der Waals surface area contributed by atoms with E-state index in [9.17, 15) is 4.79 Å². The molecule has 1 heterocycles. The van der Waals surface area contributed by atoms with Crippen LogP contribution in [-0.2, 0) is 10.2 Å². The molecule has 1 saturated carbocycles. The van der Waals surface area contributed by atoms with Crippen molar-refractivity contribution in [3.05, 3.63) is 57.7 Å². The van der Waals surface area contributed by atoms with Gasteiger partial charge in [-0.25, -0.2) is 4.98 Å². The smallest absolute Gasteiger partial charge is 0.236 e. The summed E-state index contributed by atoms with van der Waals surface area (Å²) in [6, 6.07) is 11.2. The highest BCUT2D eigenvalue weighted by Crippen LogP contribution is 2.44. The molecule has 1 aromatic carbocycles. The van der Waals surface area contributed by atoms with Gasteiger partial charge in [-0.15, -0.1) is 0 Å². The fourth-order valence-corrected chi connectivity index (χ4v) is 2.99. The molecule has 1 aliphatic carbocycles. The van der Waals surface area contributed by atoms with E-state index in [2.05, 4.69) is 26.2 Å². The van der Waals surface area contributed by atoms with Crippen LogP contribution < -0.4 is 5.32 Å². The second-order valence-electron chi connectivity index (χ2n) is 5.26. The third-order valence-electron chi connectivity index (χ3n) is 4.01. The number of benzene rings is 1. The summed E-state index contributed by atoms with van der Waals surface area (Å²) in [5.74, 6) is 0.578. The van der Waals surface area contributed by atoms with E-state index in [1.165, 1.54) is 0 Å². The van der Waals surface area contributed by atoms with Crippen molar-refractivity contribution in [1.29, 1.82) is 0 Å². The number of amides is 1. The molecule has 108 valence electrons. The van der Waals surface area contributed by atoms with Gasteiger partial charge in [-0.3, -0.25) is 4.79 Å². The molecule has 1 aliphatic rings. The number of carbonyl (C=O) groups is 1. The number of halogens is 2. The van der Waals surface area contributed by atoms with Crippen LogP contribution in [0.5, 0.6) is 0 Å². The van der Waals surface area contributed by atoms with Crippen molar-refractivity contribution in [2.24, 2.45) is 0 Å². The van der Waals surface area contributed by atoms with Crippen LogP contribution in [0.2, 0.25) is 5.02 Å². The molecule has 0 spiro atoms. The summed E-state index contributed by atoms with van der Waals surface area (Å²) in [6.07, 6.45) is 4.45. The Hall–Kier alpha value is -1.39. The van der Waals surface area contributed by atoms with E-state index in [0.29, 0.717) is 10.8 Å². The molecule has 2 aromatic rings. The summed E-state index contributed by atoms with van der Waals surface area (Å²) < 4.78 is 0.886. The van der Waals surface area contributed by atoms with E-state index in [1.54, 1.807) is 12.3 Å². The highest BCUT2D eigenvalue weighted by molar-refractivity contribution is 9.10. The van der Waals surface area contributed by atoms with E-state index in [0.717, 1.165) is 29.3 Å². The number of aromatic nitrogens is 1. The highest BCUT2D eigenvalue weighted by Gasteiger charge is 2.45. The van der Waals surface area contributed by atoms with Crippen LogP contribution in [0.4, 0.5) is 5.82 Å². The van der Waals surface area contributed by atoms with Crippen molar-refractivity contribution in [3.63, 3.8) is 0 Å². The first-order valence-electron chi connectivity index (χ1n) is 6.79. The average molecular weight is 366 g/mol. The zero-order valence-corrected chi connectivity index (χ0v) is 13.6. The predicted octanol–water partition coefficient (Wildman–Crippen LogP) is 4.56. The summed E-state index contributed by atoms with van der Waals surface area (Å²) in [5, 5.41) is 3.60. The Kier molecular flexibility index (Phi) is 4.00. The van der Waals surface area contributed by atoms with Gasteiger partial charge in [0, 0.05) is 15.7 Å². The first-order chi connectivity index (χ1) is 10.1. The minimum absolute atomic E-state index is 0.00546. The Bertz CT molecular complexity index is 651. The normalized spacial score (nSPS) is 16.1. The van der Waals surface area contributed by atoms with Crippen LogP contribution in [0.3, 0.4) is 0 Å². The first-order valence-corrected chi connectivity index (χ1v) is 7.96. The van der Waals surface area contributed by atoms with Crippen molar-refractivity contribution in [1.82, 2.24) is 4.98 Å². The van der Waals surface area contributed by atoms with E-state index in [-0.39, 0.29) is 5.91 Å². The quantitative estimate of drug-likeness (QED) is 0.866. The lowest BCUT2D eigenvalue weighted by molar-refractivity contribution is -0.124. The van der Waals surface area contributed by atoms with Gasteiger partial charge >= 0.3 is 0 Å². The van der Waals surface area contributed by atoms with Gasteiger partial charge in [0.1, 0.15) is 5.82 Å². The summed E-state index contributed by atoms with van der Waals surface area (Å²) in [7, 11) is 0. The van der Waals surface area contributed by atoms with Gasteiger partial charge in [0.05, 0.1) is 5.41 Å². The first kappa shape index (κ1) is 14.5. The van der Waals surface area contributed by atoms with Crippen LogP contribution >= 0.6 is 27.5 Å². The van der Waals surface area contributed by atoms with Crippen molar-refractivity contribution in [3.8, 4) is 0 Å². The van der Waals surface area contributed by atoms with Crippen molar-refractivity contribution in [2.45, 2.75) is 24.7 Å². The lowest BCUT2D eigenvalue weighted by atomic mass is 9.64. The van der Waals surface area contributed by atoms with Crippen LogP contribution in [0, 0.1) is 0 Å². The second kappa shape index (κ2) is 5.78. The Balaban J connectivity index is 1.83.